The van der Waals surface area contributed by atoms with Crippen LogP contribution in [0, 0.1) is 0 Å². The van der Waals surface area contributed by atoms with E-state index >= 15 is 0 Å². The van der Waals surface area contributed by atoms with Crippen LogP contribution in [-0.4, -0.2) is 73.9 Å². The summed E-state index contributed by atoms with van der Waals surface area (Å²) in [6.07, 6.45) is 2.05. The molecule has 1 atom stereocenters. The number of nitrogens with zero attached hydrogens (tertiary/aromatic N) is 3. The van der Waals surface area contributed by atoms with Crippen LogP contribution in [0.1, 0.15) is 18.4 Å². The van der Waals surface area contributed by atoms with Crippen LogP contribution in [0.4, 0.5) is 5.69 Å². The van der Waals surface area contributed by atoms with Gasteiger partial charge in [-0.2, -0.15) is 4.31 Å². The van der Waals surface area contributed by atoms with Crippen molar-refractivity contribution in [2.75, 3.05) is 38.2 Å². The number of carboxylic acids is 1. The number of hydrogen-bond acceptors (Lipinski definition) is 6. The van der Waals surface area contributed by atoms with E-state index in [1.54, 1.807) is 24.3 Å². The predicted molar refractivity (Wildman–Crippen MR) is 122 cm³/mol. The van der Waals surface area contributed by atoms with Gasteiger partial charge in [0, 0.05) is 12.2 Å². The summed E-state index contributed by atoms with van der Waals surface area (Å²) in [5, 5.41) is 10.0. The van der Waals surface area contributed by atoms with Gasteiger partial charge in [-0.25, -0.2) is 8.42 Å². The zero-order valence-electron chi connectivity index (χ0n) is 18.4. The van der Waals surface area contributed by atoms with E-state index in [4.69, 9.17) is 4.74 Å². The van der Waals surface area contributed by atoms with E-state index in [2.05, 4.69) is 0 Å². The highest BCUT2D eigenvalue weighted by Gasteiger charge is 2.41. The van der Waals surface area contributed by atoms with Crippen molar-refractivity contribution >= 4 is 27.6 Å². The van der Waals surface area contributed by atoms with E-state index < -0.39 is 22.0 Å². The number of fused-ring (bicyclic) bond motifs is 1. The molecule has 2 heterocycles. The van der Waals surface area contributed by atoms with Crippen molar-refractivity contribution in [1.82, 2.24) is 9.21 Å². The number of para-hydroxylation sites is 1. The third-order valence-corrected chi connectivity index (χ3v) is 7.99. The normalized spacial score (nSPS) is 19.7. The lowest BCUT2D eigenvalue weighted by molar-refractivity contribution is -0.141. The van der Waals surface area contributed by atoms with Crippen LogP contribution in [0.5, 0.6) is 5.75 Å². The second-order valence-electron chi connectivity index (χ2n) is 8.20. The molecule has 1 fully saturated rings. The van der Waals surface area contributed by atoms with Gasteiger partial charge in [-0.3, -0.25) is 14.5 Å². The Kier molecular flexibility index (Phi) is 6.68. The van der Waals surface area contributed by atoms with Gasteiger partial charge >= 0.3 is 5.97 Å². The van der Waals surface area contributed by atoms with Crippen molar-refractivity contribution < 1.29 is 27.9 Å². The fourth-order valence-corrected chi connectivity index (χ4v) is 5.89. The maximum atomic E-state index is 13.5. The van der Waals surface area contributed by atoms with Gasteiger partial charge in [0.15, 0.2) is 0 Å². The molecule has 0 aliphatic carbocycles. The number of sulfonamides is 1. The van der Waals surface area contributed by atoms with Crippen molar-refractivity contribution in [2.24, 2.45) is 0 Å². The molecule has 1 N–H and O–H groups in total. The molecule has 0 saturated carbocycles. The molecule has 0 spiro atoms. The Bertz CT molecular complexity index is 1130. The molecule has 2 aliphatic heterocycles. The summed E-state index contributed by atoms with van der Waals surface area (Å²) in [5.74, 6) is -1.05. The first-order chi connectivity index (χ1) is 15.8. The molecule has 33 heavy (non-hydrogen) atoms. The van der Waals surface area contributed by atoms with Crippen LogP contribution in [0.3, 0.4) is 0 Å². The monoisotopic (exact) mass is 473 g/mol. The summed E-state index contributed by atoms with van der Waals surface area (Å²) in [6.45, 7) is 1.39. The maximum Gasteiger partial charge on any atom is 0.323 e. The van der Waals surface area contributed by atoms with E-state index in [9.17, 15) is 23.1 Å². The minimum absolute atomic E-state index is 0.0381. The number of aliphatic carboxylic acids is 1. The summed E-state index contributed by atoms with van der Waals surface area (Å²) in [7, 11) is -2.69. The Morgan fingerprint density at radius 3 is 2.36 bits per heavy atom. The van der Waals surface area contributed by atoms with Crippen LogP contribution in [-0.2, 0) is 26.2 Å². The molecular formula is C23H27N3O6S. The average Bonchev–Trinajstić information content (AvgIpc) is 3.24. The number of hydrogen-bond donors (Lipinski definition) is 1. The summed E-state index contributed by atoms with van der Waals surface area (Å²) >= 11 is 0. The first-order valence-corrected chi connectivity index (χ1v) is 12.2. The Morgan fingerprint density at radius 2 is 1.73 bits per heavy atom. The van der Waals surface area contributed by atoms with Crippen molar-refractivity contribution in [1.29, 1.82) is 0 Å². The third-order valence-electron chi connectivity index (χ3n) is 6.12. The summed E-state index contributed by atoms with van der Waals surface area (Å²) < 4.78 is 33.1. The van der Waals surface area contributed by atoms with Crippen molar-refractivity contribution in [3.63, 3.8) is 0 Å². The van der Waals surface area contributed by atoms with Crippen LogP contribution in [0.2, 0.25) is 0 Å². The lowest BCUT2D eigenvalue weighted by Crippen LogP contribution is -2.51. The molecule has 1 saturated heterocycles. The smallest absolute Gasteiger partial charge is 0.323 e. The standard InChI is InChI=1S/C23H27N3O6S/c1-32-18-8-10-19(11-9-18)33(30,31)26-14-17-6-2-3-7-20(17)25(15-21(26)23(28)29)22(27)16-24-12-4-5-13-24/h2-3,6-11,21H,4-5,12-16H2,1H3,(H,28,29). The fourth-order valence-electron chi connectivity index (χ4n) is 4.34. The van der Waals surface area contributed by atoms with Crippen molar-refractivity contribution in [3.8, 4) is 5.75 Å². The second kappa shape index (κ2) is 9.50. The van der Waals surface area contributed by atoms with Gasteiger partial charge < -0.3 is 14.7 Å². The number of methoxy groups -OCH3 is 1. The highest BCUT2D eigenvalue weighted by Crippen LogP contribution is 2.32. The van der Waals surface area contributed by atoms with Gasteiger partial charge in [-0.05, 0) is 61.8 Å². The molecular weight excluding hydrogens is 446 g/mol. The number of anilines is 1. The molecule has 176 valence electrons. The number of amides is 1. The van der Waals surface area contributed by atoms with E-state index in [0.717, 1.165) is 30.2 Å². The van der Waals surface area contributed by atoms with Crippen molar-refractivity contribution in [3.05, 3.63) is 54.1 Å². The van der Waals surface area contributed by atoms with E-state index in [0.29, 0.717) is 17.0 Å². The van der Waals surface area contributed by atoms with Gasteiger partial charge in [-0.15, -0.1) is 0 Å². The molecule has 0 aromatic heterocycles. The number of carboxylic acid groups (broad SMARTS) is 1. The first kappa shape index (κ1) is 23.2. The zero-order chi connectivity index (χ0) is 23.6. The molecule has 10 heteroatoms. The predicted octanol–water partition coefficient (Wildman–Crippen LogP) is 1.78. The third kappa shape index (κ3) is 4.73. The molecule has 0 bridgehead atoms. The molecule has 2 aliphatic rings. The average molecular weight is 474 g/mol. The van der Waals surface area contributed by atoms with E-state index in [1.165, 1.54) is 36.3 Å². The summed E-state index contributed by atoms with van der Waals surface area (Å²) in [5.41, 5.74) is 1.12. The number of ether oxygens (including phenoxy) is 1. The van der Waals surface area contributed by atoms with Gasteiger partial charge in [0.2, 0.25) is 15.9 Å². The zero-order valence-corrected chi connectivity index (χ0v) is 19.2. The summed E-state index contributed by atoms with van der Waals surface area (Å²) in [6, 6.07) is 11.3. The highest BCUT2D eigenvalue weighted by atomic mass is 32.2. The molecule has 1 amide bonds. The lowest BCUT2D eigenvalue weighted by atomic mass is 10.1. The van der Waals surface area contributed by atoms with Crippen LogP contribution in [0.25, 0.3) is 0 Å². The first-order valence-electron chi connectivity index (χ1n) is 10.8. The Morgan fingerprint density at radius 1 is 1.06 bits per heavy atom. The number of carbonyl (C=O) groups is 2. The Labute approximate surface area is 193 Å². The highest BCUT2D eigenvalue weighted by molar-refractivity contribution is 7.89. The minimum atomic E-state index is -4.17. The SMILES string of the molecule is COc1ccc(S(=O)(=O)N2Cc3ccccc3N(C(=O)CN3CCCC3)CC2C(=O)O)cc1. The molecule has 2 aromatic carbocycles. The molecule has 1 unspecified atom stereocenters. The van der Waals surface area contributed by atoms with Gasteiger partial charge in [0.25, 0.3) is 0 Å². The molecule has 2 aromatic rings. The molecule has 9 nitrogen and oxygen atoms in total. The second-order valence-corrected chi connectivity index (χ2v) is 10.1. The topological polar surface area (TPSA) is 107 Å². The van der Waals surface area contributed by atoms with Crippen LogP contribution in [0.15, 0.2) is 53.4 Å². The number of rotatable bonds is 6. The maximum absolute atomic E-state index is 13.5. The van der Waals surface area contributed by atoms with Crippen LogP contribution < -0.4 is 9.64 Å². The fraction of sp³-hybridized carbons (Fsp3) is 0.391. The van der Waals surface area contributed by atoms with E-state index in [-0.39, 0.29) is 30.4 Å². The van der Waals surface area contributed by atoms with Gasteiger partial charge in [0.1, 0.15) is 11.8 Å². The number of benzene rings is 2. The van der Waals surface area contributed by atoms with Crippen molar-refractivity contribution in [2.45, 2.75) is 30.3 Å². The Balaban J connectivity index is 1.72. The number of likely N-dealkylation sites (tertiary alicyclic amines) is 1. The summed E-state index contributed by atoms with van der Waals surface area (Å²) in [4.78, 5) is 29.0. The Hall–Kier alpha value is -2.95. The van der Waals surface area contributed by atoms with Crippen LogP contribution >= 0.6 is 0 Å². The van der Waals surface area contributed by atoms with Gasteiger partial charge in [0.05, 0.1) is 25.1 Å². The van der Waals surface area contributed by atoms with E-state index in [1.807, 2.05) is 4.90 Å². The quantitative estimate of drug-likeness (QED) is 0.681. The molecule has 4 rings (SSSR count). The molecule has 0 radical (unpaired) electrons. The largest absolute Gasteiger partial charge is 0.497 e. The van der Waals surface area contributed by atoms with Gasteiger partial charge in [-0.1, -0.05) is 18.2 Å². The number of carbonyl (C=O) groups excluding carboxylic acids is 1. The minimum Gasteiger partial charge on any atom is -0.497 e. The lowest BCUT2D eigenvalue weighted by Gasteiger charge is -2.29.